The summed E-state index contributed by atoms with van der Waals surface area (Å²) in [6.45, 7) is 4.23. The molecular weight excluding hydrogens is 288 g/mol. The summed E-state index contributed by atoms with van der Waals surface area (Å²) < 4.78 is 5.27. The van der Waals surface area contributed by atoms with Gasteiger partial charge in [0.25, 0.3) is 5.91 Å². The normalized spacial score (nSPS) is 17.9. The van der Waals surface area contributed by atoms with E-state index in [2.05, 4.69) is 10.9 Å². The molecule has 2 rings (SSSR count). The Kier molecular flexibility index (Phi) is 4.69. The number of aryl methyl sites for hydroxylation is 2. The molecule has 1 aliphatic heterocycles. The van der Waals surface area contributed by atoms with E-state index in [1.54, 1.807) is 19.9 Å². The number of furan rings is 1. The largest absolute Gasteiger partial charge is 0.466 e. The highest BCUT2D eigenvalue weighted by Gasteiger charge is 2.27. The van der Waals surface area contributed by atoms with E-state index in [1.807, 2.05) is 0 Å². The molecule has 8 heteroatoms. The summed E-state index contributed by atoms with van der Waals surface area (Å²) in [6, 6.07) is 1.07. The Morgan fingerprint density at radius 2 is 2.05 bits per heavy atom. The van der Waals surface area contributed by atoms with Crippen molar-refractivity contribution in [3.63, 3.8) is 0 Å². The molecule has 1 aromatic heterocycles. The van der Waals surface area contributed by atoms with Gasteiger partial charge in [-0.3, -0.25) is 20.4 Å². The van der Waals surface area contributed by atoms with E-state index in [0.717, 1.165) is 0 Å². The summed E-state index contributed by atoms with van der Waals surface area (Å²) in [4.78, 5) is 36.6. The summed E-state index contributed by atoms with van der Waals surface area (Å²) in [5.41, 5.74) is 10.3. The maximum absolute atomic E-state index is 12.1. The Bertz CT molecular complexity index is 596. The molecule has 1 aromatic rings. The molecule has 22 heavy (non-hydrogen) atoms. The Balaban J connectivity index is 1.88. The smallest absolute Gasteiger partial charge is 0.314 e. The fourth-order valence-electron chi connectivity index (χ4n) is 2.54. The molecule has 0 aliphatic carbocycles. The quantitative estimate of drug-likeness (QED) is 0.687. The lowest BCUT2D eigenvalue weighted by atomic mass is 9.98. The van der Waals surface area contributed by atoms with Gasteiger partial charge in [-0.1, -0.05) is 0 Å². The van der Waals surface area contributed by atoms with Crippen LogP contribution in [0.1, 0.15) is 34.7 Å². The first-order valence-electron chi connectivity index (χ1n) is 7.10. The van der Waals surface area contributed by atoms with E-state index in [0.29, 0.717) is 36.5 Å². The van der Waals surface area contributed by atoms with Crippen molar-refractivity contribution < 1.29 is 18.8 Å². The minimum Gasteiger partial charge on any atom is -0.466 e. The second kappa shape index (κ2) is 6.50. The third-order valence-electron chi connectivity index (χ3n) is 3.69. The number of hydrogen-bond acceptors (Lipinski definition) is 4. The number of nitrogens with two attached hydrogens (primary N) is 1. The number of likely N-dealkylation sites (tertiary alicyclic amines) is 1. The van der Waals surface area contributed by atoms with Gasteiger partial charge in [0.1, 0.15) is 11.5 Å². The van der Waals surface area contributed by atoms with Gasteiger partial charge < -0.3 is 15.1 Å². The van der Waals surface area contributed by atoms with Crippen molar-refractivity contribution >= 4 is 17.8 Å². The Morgan fingerprint density at radius 1 is 1.32 bits per heavy atom. The fraction of sp³-hybridized carbons (Fsp3) is 0.500. The minimum atomic E-state index is -0.536. The average Bonchev–Trinajstić information content (AvgIpc) is 2.83. The van der Waals surface area contributed by atoms with Crippen LogP contribution in [0.5, 0.6) is 0 Å². The summed E-state index contributed by atoms with van der Waals surface area (Å²) in [7, 11) is 0. The van der Waals surface area contributed by atoms with E-state index >= 15 is 0 Å². The van der Waals surface area contributed by atoms with Crippen LogP contribution in [0.4, 0.5) is 4.79 Å². The van der Waals surface area contributed by atoms with E-state index in [4.69, 9.17) is 10.2 Å². The lowest BCUT2D eigenvalue weighted by Gasteiger charge is -2.30. The van der Waals surface area contributed by atoms with Crippen LogP contribution in [-0.4, -0.2) is 35.8 Å². The lowest BCUT2D eigenvalue weighted by molar-refractivity contribution is -0.127. The fourth-order valence-corrected chi connectivity index (χ4v) is 2.54. The average molecular weight is 308 g/mol. The van der Waals surface area contributed by atoms with E-state index in [-0.39, 0.29) is 18.4 Å². The Morgan fingerprint density at radius 3 is 2.64 bits per heavy atom. The zero-order valence-electron chi connectivity index (χ0n) is 12.6. The summed E-state index contributed by atoms with van der Waals surface area (Å²) in [5, 5.41) is 0. The van der Waals surface area contributed by atoms with Crippen LogP contribution < -0.4 is 16.6 Å². The van der Waals surface area contributed by atoms with Crippen molar-refractivity contribution in [2.75, 3.05) is 13.1 Å². The first-order chi connectivity index (χ1) is 10.4. The number of piperidine rings is 1. The maximum atomic E-state index is 12.1. The zero-order valence-corrected chi connectivity index (χ0v) is 12.6. The molecule has 0 bridgehead atoms. The molecule has 1 aliphatic rings. The van der Waals surface area contributed by atoms with Crippen LogP contribution >= 0.6 is 0 Å². The number of rotatable bonds is 2. The SMILES string of the molecule is Cc1cc(C(=O)NNC(=O)[C@@H]2CCCN(C(N)=O)C2)c(C)o1. The number of carbonyl (C=O) groups is 3. The number of nitrogens with one attached hydrogen (secondary N) is 2. The first-order valence-corrected chi connectivity index (χ1v) is 7.10. The standard InChI is InChI=1S/C14H20N4O4/c1-8-6-11(9(2)22-8)13(20)17-16-12(19)10-4-3-5-18(7-10)14(15)21/h6,10H,3-5,7H2,1-2H3,(H2,15,21)(H,16,19)(H,17,20)/t10-/m1/s1. The number of hydrazine groups is 1. The van der Waals surface area contributed by atoms with Crippen LogP contribution in [-0.2, 0) is 4.79 Å². The molecule has 1 saturated heterocycles. The van der Waals surface area contributed by atoms with Crippen LogP contribution in [0.25, 0.3) is 0 Å². The number of hydrogen-bond donors (Lipinski definition) is 3. The maximum Gasteiger partial charge on any atom is 0.314 e. The van der Waals surface area contributed by atoms with Crippen molar-refractivity contribution in [1.29, 1.82) is 0 Å². The van der Waals surface area contributed by atoms with Gasteiger partial charge in [0.2, 0.25) is 5.91 Å². The van der Waals surface area contributed by atoms with E-state index < -0.39 is 11.9 Å². The van der Waals surface area contributed by atoms with Crippen molar-refractivity contribution in [3.8, 4) is 0 Å². The molecule has 0 radical (unpaired) electrons. The van der Waals surface area contributed by atoms with Gasteiger partial charge in [-0.25, -0.2) is 4.79 Å². The number of primary amides is 1. The predicted molar refractivity (Wildman–Crippen MR) is 77.7 cm³/mol. The van der Waals surface area contributed by atoms with Gasteiger partial charge in [-0.05, 0) is 32.8 Å². The number of nitrogens with zero attached hydrogens (tertiary/aromatic N) is 1. The van der Waals surface area contributed by atoms with Gasteiger partial charge in [-0.15, -0.1) is 0 Å². The van der Waals surface area contributed by atoms with Crippen LogP contribution in [0.2, 0.25) is 0 Å². The van der Waals surface area contributed by atoms with Gasteiger partial charge >= 0.3 is 6.03 Å². The Hall–Kier alpha value is -2.51. The molecule has 4 amide bonds. The molecule has 0 aromatic carbocycles. The van der Waals surface area contributed by atoms with Gasteiger partial charge in [0.05, 0.1) is 11.5 Å². The molecule has 0 saturated carbocycles. The molecule has 120 valence electrons. The second-order valence-corrected chi connectivity index (χ2v) is 5.39. The second-order valence-electron chi connectivity index (χ2n) is 5.39. The third kappa shape index (κ3) is 3.57. The summed E-state index contributed by atoms with van der Waals surface area (Å²) >= 11 is 0. The molecule has 2 heterocycles. The van der Waals surface area contributed by atoms with Crippen molar-refractivity contribution in [3.05, 3.63) is 23.2 Å². The monoisotopic (exact) mass is 308 g/mol. The van der Waals surface area contributed by atoms with E-state index in [9.17, 15) is 14.4 Å². The highest BCUT2D eigenvalue weighted by molar-refractivity contribution is 5.96. The first kappa shape index (κ1) is 15.9. The summed E-state index contributed by atoms with van der Waals surface area (Å²) in [5.74, 6) is -0.0451. The highest BCUT2D eigenvalue weighted by atomic mass is 16.3. The predicted octanol–water partition coefficient (Wildman–Crippen LogP) is 0.448. The lowest BCUT2D eigenvalue weighted by Crippen LogP contribution is -2.51. The molecular formula is C14H20N4O4. The van der Waals surface area contributed by atoms with Crippen molar-refractivity contribution in [1.82, 2.24) is 15.8 Å². The molecule has 4 N–H and O–H groups in total. The van der Waals surface area contributed by atoms with Crippen LogP contribution in [0.3, 0.4) is 0 Å². The highest BCUT2D eigenvalue weighted by Crippen LogP contribution is 2.16. The number of urea groups is 1. The van der Waals surface area contributed by atoms with Crippen LogP contribution in [0.15, 0.2) is 10.5 Å². The van der Waals surface area contributed by atoms with Crippen molar-refractivity contribution in [2.24, 2.45) is 11.7 Å². The van der Waals surface area contributed by atoms with Crippen molar-refractivity contribution in [2.45, 2.75) is 26.7 Å². The Labute approximate surface area is 128 Å². The zero-order chi connectivity index (χ0) is 16.3. The van der Waals surface area contributed by atoms with Gasteiger partial charge in [0, 0.05) is 13.1 Å². The summed E-state index contributed by atoms with van der Waals surface area (Å²) in [6.07, 6.45) is 1.35. The third-order valence-corrected chi connectivity index (χ3v) is 3.69. The van der Waals surface area contributed by atoms with Gasteiger partial charge in [0.15, 0.2) is 0 Å². The molecule has 8 nitrogen and oxygen atoms in total. The molecule has 0 unspecified atom stereocenters. The minimum absolute atomic E-state index is 0.265. The topological polar surface area (TPSA) is 118 Å². The number of carbonyl (C=O) groups excluding carboxylic acids is 3. The molecule has 1 atom stereocenters. The molecule has 0 spiro atoms. The van der Waals surface area contributed by atoms with Gasteiger partial charge in [-0.2, -0.15) is 0 Å². The number of amides is 4. The molecule has 1 fully saturated rings. The van der Waals surface area contributed by atoms with E-state index in [1.165, 1.54) is 4.90 Å². The van der Waals surface area contributed by atoms with Crippen LogP contribution in [0, 0.1) is 19.8 Å².